The number of benzene rings is 1. The molecule has 0 aliphatic rings. The van der Waals surface area contributed by atoms with Gasteiger partial charge in [0.25, 0.3) is 0 Å². The first-order valence-corrected chi connectivity index (χ1v) is 5.20. The first-order chi connectivity index (χ1) is 7.95. The topological polar surface area (TPSA) is 75.6 Å². The van der Waals surface area contributed by atoms with Crippen molar-refractivity contribution in [3.63, 3.8) is 0 Å². The highest BCUT2D eigenvalue weighted by molar-refractivity contribution is 6.33. The lowest BCUT2D eigenvalue weighted by Crippen LogP contribution is -2.27. The largest absolute Gasteiger partial charge is 0.478 e. The van der Waals surface area contributed by atoms with Crippen molar-refractivity contribution in [2.75, 3.05) is 12.4 Å². The number of carbonyl (C=O) groups is 2. The van der Waals surface area contributed by atoms with Gasteiger partial charge in [-0.1, -0.05) is 11.6 Å². The Morgan fingerprint density at radius 3 is 2.65 bits per heavy atom. The summed E-state index contributed by atoms with van der Waals surface area (Å²) in [4.78, 5) is 22.0. The van der Waals surface area contributed by atoms with Gasteiger partial charge in [0.1, 0.15) is 6.04 Å². The predicted molar refractivity (Wildman–Crippen MR) is 63.5 cm³/mol. The molecule has 0 aromatic heterocycles. The summed E-state index contributed by atoms with van der Waals surface area (Å²) < 4.78 is 4.54. The molecule has 17 heavy (non-hydrogen) atoms. The van der Waals surface area contributed by atoms with Crippen LogP contribution in [0.5, 0.6) is 0 Å². The van der Waals surface area contributed by atoms with E-state index in [4.69, 9.17) is 16.7 Å². The molecule has 1 rings (SSSR count). The average Bonchev–Trinajstić information content (AvgIpc) is 2.30. The van der Waals surface area contributed by atoms with Crippen molar-refractivity contribution >= 4 is 29.2 Å². The molecule has 0 radical (unpaired) electrons. The zero-order valence-electron chi connectivity index (χ0n) is 9.36. The number of carboxylic acid groups (broad SMARTS) is 1. The van der Waals surface area contributed by atoms with Crippen LogP contribution in [0.2, 0.25) is 5.02 Å². The minimum Gasteiger partial charge on any atom is -0.478 e. The molecule has 1 aromatic carbocycles. The molecule has 0 amide bonds. The van der Waals surface area contributed by atoms with Crippen molar-refractivity contribution in [3.05, 3.63) is 28.8 Å². The lowest BCUT2D eigenvalue weighted by atomic mass is 10.2. The van der Waals surface area contributed by atoms with Gasteiger partial charge in [-0.2, -0.15) is 0 Å². The molecule has 1 unspecified atom stereocenters. The van der Waals surface area contributed by atoms with Crippen LogP contribution in [0.25, 0.3) is 0 Å². The normalized spacial score (nSPS) is 11.7. The molecule has 1 atom stereocenters. The standard InChI is InChI=1S/C11H12ClNO4/c1-6(11(16)17-2)13-9-5-7(10(14)15)3-4-8(9)12/h3-6,13H,1-2H3,(H,14,15). The maximum Gasteiger partial charge on any atom is 0.335 e. The van der Waals surface area contributed by atoms with Crippen LogP contribution >= 0.6 is 11.6 Å². The van der Waals surface area contributed by atoms with Gasteiger partial charge in [-0.05, 0) is 25.1 Å². The van der Waals surface area contributed by atoms with Crippen molar-refractivity contribution in [1.82, 2.24) is 0 Å². The quantitative estimate of drug-likeness (QED) is 0.807. The fraction of sp³-hybridized carbons (Fsp3) is 0.273. The lowest BCUT2D eigenvalue weighted by Gasteiger charge is -2.14. The van der Waals surface area contributed by atoms with Gasteiger partial charge in [0.05, 0.1) is 23.4 Å². The Hall–Kier alpha value is -1.75. The highest BCUT2D eigenvalue weighted by Crippen LogP contribution is 2.23. The van der Waals surface area contributed by atoms with Gasteiger partial charge in [0.15, 0.2) is 0 Å². The number of halogens is 1. The minimum atomic E-state index is -1.06. The molecule has 1 aromatic rings. The highest BCUT2D eigenvalue weighted by atomic mass is 35.5. The number of anilines is 1. The van der Waals surface area contributed by atoms with Crippen LogP contribution in [0.4, 0.5) is 5.69 Å². The van der Waals surface area contributed by atoms with E-state index in [-0.39, 0.29) is 5.56 Å². The smallest absolute Gasteiger partial charge is 0.335 e. The molecular formula is C11H12ClNO4. The number of hydrogen-bond acceptors (Lipinski definition) is 4. The highest BCUT2D eigenvalue weighted by Gasteiger charge is 2.15. The molecule has 0 heterocycles. The molecule has 92 valence electrons. The molecular weight excluding hydrogens is 246 g/mol. The number of esters is 1. The monoisotopic (exact) mass is 257 g/mol. The molecule has 2 N–H and O–H groups in total. The van der Waals surface area contributed by atoms with E-state index in [1.54, 1.807) is 6.92 Å². The Morgan fingerprint density at radius 1 is 1.47 bits per heavy atom. The van der Waals surface area contributed by atoms with Gasteiger partial charge in [0, 0.05) is 0 Å². The number of ether oxygens (including phenoxy) is 1. The van der Waals surface area contributed by atoms with Crippen molar-refractivity contribution in [2.45, 2.75) is 13.0 Å². The van der Waals surface area contributed by atoms with Crippen molar-refractivity contribution < 1.29 is 19.4 Å². The molecule has 0 saturated carbocycles. The third kappa shape index (κ3) is 3.35. The third-order valence-corrected chi connectivity index (χ3v) is 2.47. The fourth-order valence-electron chi connectivity index (χ4n) is 1.24. The van der Waals surface area contributed by atoms with Gasteiger partial charge in [0.2, 0.25) is 0 Å². The first kappa shape index (κ1) is 13.3. The Balaban J connectivity index is 2.93. The number of hydrogen-bond donors (Lipinski definition) is 2. The summed E-state index contributed by atoms with van der Waals surface area (Å²) in [5.41, 5.74) is 0.471. The van der Waals surface area contributed by atoms with Gasteiger partial charge in [-0.15, -0.1) is 0 Å². The second-order valence-electron chi connectivity index (χ2n) is 3.39. The summed E-state index contributed by atoms with van der Waals surface area (Å²) in [7, 11) is 1.27. The van der Waals surface area contributed by atoms with E-state index in [9.17, 15) is 9.59 Å². The summed E-state index contributed by atoms with van der Waals surface area (Å²) in [6.45, 7) is 1.59. The van der Waals surface area contributed by atoms with Gasteiger partial charge >= 0.3 is 11.9 Å². The number of aromatic carboxylic acids is 1. The van der Waals surface area contributed by atoms with Crippen LogP contribution in [0.15, 0.2) is 18.2 Å². The second kappa shape index (κ2) is 5.54. The zero-order chi connectivity index (χ0) is 13.0. The minimum absolute atomic E-state index is 0.0916. The van der Waals surface area contributed by atoms with E-state index in [2.05, 4.69) is 10.1 Å². The molecule has 0 aliphatic carbocycles. The molecule has 5 nitrogen and oxygen atoms in total. The van der Waals surface area contributed by atoms with Crippen LogP contribution in [0.3, 0.4) is 0 Å². The van der Waals surface area contributed by atoms with E-state index >= 15 is 0 Å². The summed E-state index contributed by atoms with van der Waals surface area (Å²) >= 11 is 5.89. The van der Waals surface area contributed by atoms with Crippen molar-refractivity contribution in [3.8, 4) is 0 Å². The Kier molecular flexibility index (Phi) is 4.34. The van der Waals surface area contributed by atoms with Crippen LogP contribution in [0, 0.1) is 0 Å². The van der Waals surface area contributed by atoms with Gasteiger partial charge in [-0.3, -0.25) is 0 Å². The van der Waals surface area contributed by atoms with Crippen LogP contribution in [0.1, 0.15) is 17.3 Å². The van der Waals surface area contributed by atoms with Gasteiger partial charge in [-0.25, -0.2) is 9.59 Å². The number of methoxy groups -OCH3 is 1. The Morgan fingerprint density at radius 2 is 2.12 bits per heavy atom. The van der Waals surface area contributed by atoms with E-state index in [0.717, 1.165) is 0 Å². The van der Waals surface area contributed by atoms with E-state index in [1.807, 2.05) is 0 Å². The maximum absolute atomic E-state index is 11.2. The number of nitrogens with one attached hydrogen (secondary N) is 1. The molecule has 0 saturated heterocycles. The van der Waals surface area contributed by atoms with Crippen LogP contribution in [-0.2, 0) is 9.53 Å². The summed E-state index contributed by atoms with van der Waals surface area (Å²) in [6.07, 6.45) is 0. The molecule has 6 heteroatoms. The summed E-state index contributed by atoms with van der Waals surface area (Å²) in [6, 6.07) is 3.60. The number of carbonyl (C=O) groups excluding carboxylic acids is 1. The molecule has 0 aliphatic heterocycles. The first-order valence-electron chi connectivity index (χ1n) is 4.83. The van der Waals surface area contributed by atoms with Crippen LogP contribution < -0.4 is 5.32 Å². The molecule has 0 bridgehead atoms. The van der Waals surface area contributed by atoms with Crippen molar-refractivity contribution in [1.29, 1.82) is 0 Å². The molecule has 0 fully saturated rings. The van der Waals surface area contributed by atoms with E-state index in [0.29, 0.717) is 10.7 Å². The zero-order valence-corrected chi connectivity index (χ0v) is 10.1. The van der Waals surface area contributed by atoms with Crippen LogP contribution in [-0.4, -0.2) is 30.2 Å². The number of rotatable bonds is 4. The Bertz CT molecular complexity index is 447. The second-order valence-corrected chi connectivity index (χ2v) is 3.80. The summed E-state index contributed by atoms with van der Waals surface area (Å²) in [5, 5.41) is 12.0. The van der Waals surface area contributed by atoms with E-state index < -0.39 is 18.0 Å². The lowest BCUT2D eigenvalue weighted by molar-refractivity contribution is -0.141. The SMILES string of the molecule is COC(=O)C(C)Nc1cc(C(=O)O)ccc1Cl. The Labute approximate surface area is 103 Å². The fourth-order valence-corrected chi connectivity index (χ4v) is 1.41. The molecule has 0 spiro atoms. The summed E-state index contributed by atoms with van der Waals surface area (Å²) in [5.74, 6) is -1.52. The average molecular weight is 258 g/mol. The van der Waals surface area contributed by atoms with Gasteiger partial charge < -0.3 is 15.2 Å². The number of carboxylic acids is 1. The van der Waals surface area contributed by atoms with E-state index in [1.165, 1.54) is 25.3 Å². The van der Waals surface area contributed by atoms with Crippen molar-refractivity contribution in [2.24, 2.45) is 0 Å². The predicted octanol–water partition coefficient (Wildman–Crippen LogP) is 2.01. The maximum atomic E-state index is 11.2. The third-order valence-electron chi connectivity index (χ3n) is 2.14.